The van der Waals surface area contributed by atoms with Crippen LogP contribution in [-0.4, -0.2) is 48.9 Å². The lowest BCUT2D eigenvalue weighted by molar-refractivity contribution is -0.120. The van der Waals surface area contributed by atoms with Gasteiger partial charge in [-0.1, -0.05) is 33.1 Å². The van der Waals surface area contributed by atoms with E-state index < -0.39 is 6.03 Å². The highest BCUT2D eigenvalue weighted by Crippen LogP contribution is 2.20. The molecule has 2 N–H and O–H groups in total. The second-order valence-electron chi connectivity index (χ2n) is 7.39. The number of carbonyl (C=O) groups excluding carboxylic acids is 3. The van der Waals surface area contributed by atoms with Crippen LogP contribution >= 0.6 is 0 Å². The van der Waals surface area contributed by atoms with Crippen molar-refractivity contribution in [1.29, 1.82) is 0 Å². The van der Waals surface area contributed by atoms with E-state index in [1.807, 2.05) is 0 Å². The van der Waals surface area contributed by atoms with Gasteiger partial charge in [0.15, 0.2) is 0 Å². The van der Waals surface area contributed by atoms with E-state index in [4.69, 9.17) is 0 Å². The summed E-state index contributed by atoms with van der Waals surface area (Å²) >= 11 is 0. The molecule has 1 saturated heterocycles. The first-order valence-electron chi connectivity index (χ1n) is 10.8. The van der Waals surface area contributed by atoms with Gasteiger partial charge in [-0.15, -0.1) is 0 Å². The Kier molecular flexibility index (Phi) is 9.64. The van der Waals surface area contributed by atoms with Crippen molar-refractivity contribution >= 4 is 29.2 Å². The number of nitrogens with zero attached hydrogens (tertiary/aromatic N) is 2. The molecule has 4 amide bonds. The number of hydrogen-bond acceptors (Lipinski definition) is 4. The van der Waals surface area contributed by atoms with E-state index >= 15 is 0 Å². The molecule has 0 aliphatic carbocycles. The van der Waals surface area contributed by atoms with Gasteiger partial charge >= 0.3 is 6.03 Å². The highest BCUT2D eigenvalue weighted by atomic mass is 16.2. The van der Waals surface area contributed by atoms with Gasteiger partial charge in [-0.25, -0.2) is 4.79 Å². The number of amides is 4. The number of imide groups is 1. The molecular formula is C22H34N4O3. The van der Waals surface area contributed by atoms with Gasteiger partial charge in [-0.05, 0) is 56.7 Å². The lowest BCUT2D eigenvalue weighted by Gasteiger charge is -2.26. The highest BCUT2D eigenvalue weighted by Gasteiger charge is 2.23. The average Bonchev–Trinajstić information content (AvgIpc) is 2.71. The zero-order chi connectivity index (χ0) is 21.1. The smallest absolute Gasteiger partial charge is 0.326 e. The molecular weight excluding hydrogens is 368 g/mol. The van der Waals surface area contributed by atoms with Crippen molar-refractivity contribution in [3.63, 3.8) is 0 Å². The summed E-state index contributed by atoms with van der Waals surface area (Å²) in [6.07, 6.45) is 6.40. The van der Waals surface area contributed by atoms with Gasteiger partial charge < -0.3 is 10.2 Å². The zero-order valence-corrected chi connectivity index (χ0v) is 17.7. The maximum absolute atomic E-state index is 12.1. The van der Waals surface area contributed by atoms with Gasteiger partial charge in [0.05, 0.1) is 0 Å². The van der Waals surface area contributed by atoms with Crippen LogP contribution in [0.4, 0.5) is 16.2 Å². The molecule has 1 aliphatic heterocycles. The standard InChI is InChI=1S/C22H34N4O3/c1-3-25(4-2)16-9-7-5-6-8-10-20(27)23-18-11-13-19(14-12-18)26-17-15-21(28)24-22(26)29/h11-14H,3-10,15-17H2,1-2H3,(H,23,27)(H,24,28,29). The normalized spacial score (nSPS) is 14.2. The molecule has 29 heavy (non-hydrogen) atoms. The van der Waals surface area contributed by atoms with Gasteiger partial charge in [0.2, 0.25) is 11.8 Å². The molecule has 1 heterocycles. The Balaban J connectivity index is 1.63. The summed E-state index contributed by atoms with van der Waals surface area (Å²) in [5.41, 5.74) is 1.42. The molecule has 0 spiro atoms. The van der Waals surface area contributed by atoms with Gasteiger partial charge in [-0.2, -0.15) is 0 Å². The molecule has 0 saturated carbocycles. The largest absolute Gasteiger partial charge is 0.328 e. The Morgan fingerprint density at radius 3 is 2.34 bits per heavy atom. The summed E-state index contributed by atoms with van der Waals surface area (Å²) < 4.78 is 0. The van der Waals surface area contributed by atoms with E-state index in [2.05, 4.69) is 29.4 Å². The van der Waals surface area contributed by atoms with E-state index in [0.717, 1.165) is 25.9 Å². The Hall–Kier alpha value is -2.41. The summed E-state index contributed by atoms with van der Waals surface area (Å²) in [5.74, 6) is -0.235. The van der Waals surface area contributed by atoms with Crippen molar-refractivity contribution in [3.8, 4) is 0 Å². The number of carbonyl (C=O) groups is 3. The Morgan fingerprint density at radius 1 is 1.03 bits per heavy atom. The molecule has 1 aromatic rings. The minimum Gasteiger partial charge on any atom is -0.326 e. The van der Waals surface area contributed by atoms with Crippen LogP contribution < -0.4 is 15.5 Å². The third-order valence-corrected chi connectivity index (χ3v) is 5.29. The molecule has 160 valence electrons. The number of anilines is 2. The van der Waals surface area contributed by atoms with E-state index in [9.17, 15) is 14.4 Å². The van der Waals surface area contributed by atoms with E-state index in [0.29, 0.717) is 30.8 Å². The average molecular weight is 403 g/mol. The predicted octanol–water partition coefficient (Wildman–Crippen LogP) is 3.75. The summed E-state index contributed by atoms with van der Waals surface area (Å²) in [7, 11) is 0. The number of urea groups is 1. The van der Waals surface area contributed by atoms with Crippen molar-refractivity contribution in [2.24, 2.45) is 0 Å². The van der Waals surface area contributed by atoms with E-state index in [1.54, 1.807) is 24.3 Å². The fraction of sp³-hybridized carbons (Fsp3) is 0.591. The first kappa shape index (κ1) is 22.9. The second kappa shape index (κ2) is 12.2. The third kappa shape index (κ3) is 7.85. The van der Waals surface area contributed by atoms with Gasteiger partial charge in [-0.3, -0.25) is 19.8 Å². The number of unbranched alkanes of at least 4 members (excludes halogenated alkanes) is 4. The van der Waals surface area contributed by atoms with Crippen molar-refractivity contribution in [3.05, 3.63) is 24.3 Å². The molecule has 0 unspecified atom stereocenters. The van der Waals surface area contributed by atoms with Crippen molar-refractivity contribution in [2.45, 2.75) is 58.8 Å². The van der Waals surface area contributed by atoms with Gasteiger partial charge in [0.1, 0.15) is 0 Å². The van der Waals surface area contributed by atoms with Crippen LogP contribution in [0, 0.1) is 0 Å². The van der Waals surface area contributed by atoms with E-state index in [-0.39, 0.29) is 11.8 Å². The Morgan fingerprint density at radius 2 is 1.69 bits per heavy atom. The van der Waals surface area contributed by atoms with Crippen molar-refractivity contribution < 1.29 is 14.4 Å². The fourth-order valence-corrected chi connectivity index (χ4v) is 3.45. The van der Waals surface area contributed by atoms with Crippen LogP contribution in [0.25, 0.3) is 0 Å². The van der Waals surface area contributed by atoms with Crippen LogP contribution in [0.15, 0.2) is 24.3 Å². The summed E-state index contributed by atoms with van der Waals surface area (Å²) in [5, 5.41) is 5.21. The van der Waals surface area contributed by atoms with Crippen LogP contribution in [-0.2, 0) is 9.59 Å². The van der Waals surface area contributed by atoms with Gasteiger partial charge in [0, 0.05) is 30.8 Å². The topological polar surface area (TPSA) is 81.8 Å². The lowest BCUT2D eigenvalue weighted by Crippen LogP contribution is -2.49. The van der Waals surface area contributed by atoms with E-state index in [1.165, 1.54) is 30.7 Å². The predicted molar refractivity (Wildman–Crippen MR) is 116 cm³/mol. The maximum atomic E-state index is 12.1. The Bertz CT molecular complexity index is 671. The number of benzene rings is 1. The summed E-state index contributed by atoms with van der Waals surface area (Å²) in [4.78, 5) is 39.2. The Labute approximate surface area is 173 Å². The third-order valence-electron chi connectivity index (χ3n) is 5.29. The number of nitrogens with one attached hydrogen (secondary N) is 2. The number of rotatable bonds is 12. The second-order valence-corrected chi connectivity index (χ2v) is 7.39. The van der Waals surface area contributed by atoms with Crippen molar-refractivity contribution in [2.75, 3.05) is 36.4 Å². The molecule has 7 heteroatoms. The lowest BCUT2D eigenvalue weighted by atomic mass is 10.1. The molecule has 0 aromatic heterocycles. The quantitative estimate of drug-likeness (QED) is 0.522. The molecule has 1 aromatic carbocycles. The minimum absolute atomic E-state index is 0.0159. The minimum atomic E-state index is -0.407. The van der Waals surface area contributed by atoms with Gasteiger partial charge in [0.25, 0.3) is 0 Å². The summed E-state index contributed by atoms with van der Waals surface area (Å²) in [6, 6.07) is 6.71. The molecule has 0 bridgehead atoms. The zero-order valence-electron chi connectivity index (χ0n) is 17.7. The molecule has 7 nitrogen and oxygen atoms in total. The number of hydrogen-bond donors (Lipinski definition) is 2. The van der Waals surface area contributed by atoms with Crippen LogP contribution in [0.2, 0.25) is 0 Å². The van der Waals surface area contributed by atoms with Crippen LogP contribution in [0.3, 0.4) is 0 Å². The molecule has 1 aliphatic rings. The van der Waals surface area contributed by atoms with Crippen LogP contribution in [0.1, 0.15) is 58.8 Å². The first-order valence-corrected chi connectivity index (χ1v) is 10.8. The molecule has 0 radical (unpaired) electrons. The SMILES string of the molecule is CCN(CC)CCCCCCCC(=O)Nc1ccc(N2CCC(=O)NC2=O)cc1. The van der Waals surface area contributed by atoms with Crippen molar-refractivity contribution in [1.82, 2.24) is 10.2 Å². The highest BCUT2D eigenvalue weighted by molar-refractivity contribution is 6.05. The maximum Gasteiger partial charge on any atom is 0.328 e. The molecule has 1 fully saturated rings. The van der Waals surface area contributed by atoms with Crippen LogP contribution in [0.5, 0.6) is 0 Å². The summed E-state index contributed by atoms with van der Waals surface area (Å²) in [6.45, 7) is 8.15. The molecule has 0 atom stereocenters. The monoisotopic (exact) mass is 402 g/mol. The first-order chi connectivity index (χ1) is 14.0. The fourth-order valence-electron chi connectivity index (χ4n) is 3.45. The molecule has 2 rings (SSSR count).